The maximum atomic E-state index is 13.3. The average molecular weight is 146 g/mol. The normalized spacial score (nSPS) is 26.1. The van der Waals surface area contributed by atoms with Crippen molar-refractivity contribution in [1.29, 1.82) is 0 Å². The van der Waals surface area contributed by atoms with Crippen molar-refractivity contribution in [2.45, 2.75) is 45.4 Å². The third kappa shape index (κ3) is 0.947. The zero-order chi connectivity index (χ0) is 7.99. The smallest absolute Gasteiger partial charge is 0.113 e. The summed E-state index contributed by atoms with van der Waals surface area (Å²) in [5.74, 6) is 0. The Bertz CT molecular complexity index is 131. The molecule has 0 radical (unpaired) electrons. The van der Waals surface area contributed by atoms with Gasteiger partial charge in [0.15, 0.2) is 0 Å². The van der Waals surface area contributed by atoms with Crippen LogP contribution >= 0.6 is 0 Å². The summed E-state index contributed by atoms with van der Waals surface area (Å²) in [6.07, 6.45) is 1.15. The van der Waals surface area contributed by atoms with Gasteiger partial charge in [-0.2, -0.15) is 0 Å². The third-order valence-corrected chi connectivity index (χ3v) is 2.77. The standard InChI is InChI=1S/C8H15FO/c1-6(10)8(4-5-8)7(2,3)9/h6,10H,4-5H2,1-3H3. The highest BCUT2D eigenvalue weighted by Gasteiger charge is 2.58. The van der Waals surface area contributed by atoms with E-state index in [0.29, 0.717) is 0 Å². The quantitative estimate of drug-likeness (QED) is 0.630. The fourth-order valence-corrected chi connectivity index (χ4v) is 1.64. The zero-order valence-electron chi connectivity index (χ0n) is 6.82. The van der Waals surface area contributed by atoms with Crippen molar-refractivity contribution in [1.82, 2.24) is 0 Å². The Labute approximate surface area is 61.2 Å². The van der Waals surface area contributed by atoms with Crippen LogP contribution in [0.4, 0.5) is 4.39 Å². The van der Waals surface area contributed by atoms with E-state index in [1.54, 1.807) is 20.8 Å². The van der Waals surface area contributed by atoms with Crippen LogP contribution in [0.15, 0.2) is 0 Å². The molecule has 1 N–H and O–H groups in total. The average Bonchev–Trinajstić information content (AvgIpc) is 2.36. The van der Waals surface area contributed by atoms with Crippen molar-refractivity contribution in [2.24, 2.45) is 5.41 Å². The first-order chi connectivity index (χ1) is 4.40. The van der Waals surface area contributed by atoms with Gasteiger partial charge in [0.25, 0.3) is 0 Å². The topological polar surface area (TPSA) is 20.2 Å². The van der Waals surface area contributed by atoms with Crippen molar-refractivity contribution in [3.63, 3.8) is 0 Å². The Morgan fingerprint density at radius 3 is 1.90 bits per heavy atom. The summed E-state index contributed by atoms with van der Waals surface area (Å²) < 4.78 is 13.3. The summed E-state index contributed by atoms with van der Waals surface area (Å²) in [4.78, 5) is 0. The van der Waals surface area contributed by atoms with Gasteiger partial charge in [-0.25, -0.2) is 4.39 Å². The summed E-state index contributed by atoms with van der Waals surface area (Å²) in [5.41, 5.74) is -1.64. The Balaban J connectivity index is 2.70. The Morgan fingerprint density at radius 1 is 1.50 bits per heavy atom. The zero-order valence-corrected chi connectivity index (χ0v) is 6.82. The molecule has 0 bridgehead atoms. The van der Waals surface area contributed by atoms with Crippen LogP contribution in [-0.4, -0.2) is 16.9 Å². The van der Waals surface area contributed by atoms with E-state index < -0.39 is 17.2 Å². The van der Waals surface area contributed by atoms with Gasteiger partial charge in [-0.15, -0.1) is 0 Å². The van der Waals surface area contributed by atoms with Crippen LogP contribution in [0.25, 0.3) is 0 Å². The minimum atomic E-state index is -1.22. The first-order valence-corrected chi connectivity index (χ1v) is 3.77. The maximum absolute atomic E-state index is 13.3. The van der Waals surface area contributed by atoms with Crippen LogP contribution in [0, 0.1) is 5.41 Å². The summed E-state index contributed by atoms with van der Waals surface area (Å²) >= 11 is 0. The molecule has 2 heteroatoms. The summed E-state index contributed by atoms with van der Waals surface area (Å²) in [7, 11) is 0. The fourth-order valence-electron chi connectivity index (χ4n) is 1.64. The highest BCUT2D eigenvalue weighted by molar-refractivity contribution is 5.07. The van der Waals surface area contributed by atoms with Gasteiger partial charge in [-0.1, -0.05) is 0 Å². The second kappa shape index (κ2) is 1.94. The van der Waals surface area contributed by atoms with E-state index in [9.17, 15) is 9.50 Å². The number of halogens is 1. The van der Waals surface area contributed by atoms with E-state index in [2.05, 4.69) is 0 Å². The Hall–Kier alpha value is -0.110. The molecule has 1 aliphatic rings. The predicted octanol–water partition coefficient (Wildman–Crippen LogP) is 1.90. The van der Waals surface area contributed by atoms with Crippen LogP contribution in [0.3, 0.4) is 0 Å². The summed E-state index contributed by atoms with van der Waals surface area (Å²) in [6.45, 7) is 4.77. The molecule has 0 heterocycles. The molecular formula is C8H15FO. The van der Waals surface area contributed by atoms with Crippen LogP contribution in [0.2, 0.25) is 0 Å². The highest BCUT2D eigenvalue weighted by Crippen LogP contribution is 2.58. The van der Waals surface area contributed by atoms with Gasteiger partial charge < -0.3 is 5.11 Å². The van der Waals surface area contributed by atoms with Crippen LogP contribution in [0.5, 0.6) is 0 Å². The molecule has 1 nitrogen and oxygen atoms in total. The number of aliphatic hydroxyl groups excluding tert-OH is 1. The Kier molecular flexibility index (Phi) is 1.55. The second-order valence-corrected chi connectivity index (χ2v) is 3.80. The molecule has 0 aromatic heterocycles. The molecule has 0 amide bonds. The lowest BCUT2D eigenvalue weighted by Gasteiger charge is -2.29. The molecule has 0 aliphatic heterocycles. The summed E-state index contributed by atoms with van der Waals surface area (Å²) in [5, 5.41) is 9.24. The molecule has 1 rings (SSSR count). The molecular weight excluding hydrogens is 131 g/mol. The van der Waals surface area contributed by atoms with E-state index in [4.69, 9.17) is 0 Å². The fraction of sp³-hybridized carbons (Fsp3) is 1.00. The van der Waals surface area contributed by atoms with Gasteiger partial charge in [-0.05, 0) is 33.6 Å². The number of hydrogen-bond donors (Lipinski definition) is 1. The molecule has 0 aromatic rings. The molecule has 60 valence electrons. The van der Waals surface area contributed by atoms with Crippen molar-refractivity contribution >= 4 is 0 Å². The molecule has 0 aromatic carbocycles. The van der Waals surface area contributed by atoms with E-state index in [0.717, 1.165) is 12.8 Å². The number of aliphatic hydroxyl groups is 1. The van der Waals surface area contributed by atoms with Crippen LogP contribution in [0.1, 0.15) is 33.6 Å². The molecule has 1 atom stereocenters. The predicted molar refractivity (Wildman–Crippen MR) is 38.5 cm³/mol. The summed E-state index contributed by atoms with van der Waals surface area (Å²) in [6, 6.07) is 0. The van der Waals surface area contributed by atoms with Crippen molar-refractivity contribution < 1.29 is 9.50 Å². The Morgan fingerprint density at radius 2 is 1.90 bits per heavy atom. The second-order valence-electron chi connectivity index (χ2n) is 3.80. The lowest BCUT2D eigenvalue weighted by Crippen LogP contribution is -2.36. The van der Waals surface area contributed by atoms with Gasteiger partial charge in [-0.3, -0.25) is 0 Å². The van der Waals surface area contributed by atoms with Crippen molar-refractivity contribution in [2.75, 3.05) is 0 Å². The molecule has 0 spiro atoms. The highest BCUT2D eigenvalue weighted by atomic mass is 19.1. The lowest BCUT2D eigenvalue weighted by molar-refractivity contribution is 0.000726. The molecule has 1 fully saturated rings. The number of alkyl halides is 1. The van der Waals surface area contributed by atoms with Crippen molar-refractivity contribution in [3.8, 4) is 0 Å². The van der Waals surface area contributed by atoms with Gasteiger partial charge in [0.2, 0.25) is 0 Å². The van der Waals surface area contributed by atoms with Crippen molar-refractivity contribution in [3.05, 3.63) is 0 Å². The van der Waals surface area contributed by atoms with Gasteiger partial charge in [0.05, 0.1) is 6.10 Å². The van der Waals surface area contributed by atoms with Gasteiger partial charge in [0.1, 0.15) is 5.67 Å². The monoisotopic (exact) mass is 146 g/mol. The van der Waals surface area contributed by atoms with Gasteiger partial charge in [0, 0.05) is 5.41 Å². The minimum absolute atomic E-state index is 0.424. The van der Waals surface area contributed by atoms with E-state index in [-0.39, 0.29) is 0 Å². The SMILES string of the molecule is CC(O)C1(C(C)(C)F)CC1. The molecule has 1 aliphatic carbocycles. The van der Waals surface area contributed by atoms with Crippen LogP contribution < -0.4 is 0 Å². The van der Waals surface area contributed by atoms with E-state index >= 15 is 0 Å². The molecule has 1 saturated carbocycles. The molecule has 0 saturated heterocycles. The van der Waals surface area contributed by atoms with Gasteiger partial charge >= 0.3 is 0 Å². The molecule has 10 heavy (non-hydrogen) atoms. The first kappa shape index (κ1) is 7.99. The van der Waals surface area contributed by atoms with Crippen LogP contribution in [-0.2, 0) is 0 Å². The number of hydrogen-bond acceptors (Lipinski definition) is 1. The third-order valence-electron chi connectivity index (χ3n) is 2.77. The van der Waals surface area contributed by atoms with E-state index in [1.807, 2.05) is 0 Å². The molecule has 1 unspecified atom stereocenters. The maximum Gasteiger partial charge on any atom is 0.113 e. The minimum Gasteiger partial charge on any atom is -0.393 e. The first-order valence-electron chi connectivity index (χ1n) is 3.77. The largest absolute Gasteiger partial charge is 0.393 e. The lowest BCUT2D eigenvalue weighted by atomic mass is 9.85. The van der Waals surface area contributed by atoms with E-state index in [1.165, 1.54) is 0 Å². The number of rotatable bonds is 2.